The number of nitrogens with zero attached hydrogens (tertiary/aromatic N) is 1. The summed E-state index contributed by atoms with van der Waals surface area (Å²) in [4.78, 5) is 24.0. The monoisotopic (exact) mass is 343 g/mol. The molecule has 2 rings (SSSR count). The molecule has 1 N–H and O–H groups in total. The zero-order chi connectivity index (χ0) is 14.9. The third-order valence-electron chi connectivity index (χ3n) is 3.05. The van der Waals surface area contributed by atoms with Gasteiger partial charge in [0.25, 0.3) is 0 Å². The fraction of sp³-hybridized carbons (Fsp3) is 0.385. The predicted octanol–water partition coefficient (Wildman–Crippen LogP) is 1.82. The number of carbonyl (C=O) groups excluding carboxylic acids is 1. The first-order chi connectivity index (χ1) is 9.41. The highest BCUT2D eigenvalue weighted by Crippen LogP contribution is 2.40. The van der Waals surface area contributed by atoms with Crippen molar-refractivity contribution in [1.82, 2.24) is 4.90 Å². The SMILES string of the molecule is CC(=O)N(C)C(C(=O)O)c1cc(Br)c2c(c1)OCCO2. The molecule has 0 saturated carbocycles. The molecule has 1 aliphatic rings. The molecule has 0 radical (unpaired) electrons. The summed E-state index contributed by atoms with van der Waals surface area (Å²) in [6.07, 6.45) is 0. The van der Waals surface area contributed by atoms with Crippen LogP contribution < -0.4 is 9.47 Å². The molecular formula is C13H14BrNO5. The molecule has 1 aromatic carbocycles. The van der Waals surface area contributed by atoms with Gasteiger partial charge in [-0.25, -0.2) is 4.79 Å². The summed E-state index contributed by atoms with van der Waals surface area (Å²) < 4.78 is 11.5. The molecule has 0 aliphatic carbocycles. The standard InChI is InChI=1S/C13H14BrNO5/c1-7(16)15(2)11(13(17)18)8-5-9(14)12-10(6-8)19-3-4-20-12/h5-6,11H,3-4H2,1-2H3,(H,17,18). The molecule has 1 heterocycles. The Morgan fingerprint density at radius 3 is 2.60 bits per heavy atom. The lowest BCUT2D eigenvalue weighted by Crippen LogP contribution is -2.34. The van der Waals surface area contributed by atoms with E-state index in [0.29, 0.717) is 34.7 Å². The third-order valence-corrected chi connectivity index (χ3v) is 3.64. The lowest BCUT2D eigenvalue weighted by Gasteiger charge is -2.26. The van der Waals surface area contributed by atoms with Crippen LogP contribution >= 0.6 is 15.9 Å². The van der Waals surface area contributed by atoms with Crippen LogP contribution in [-0.2, 0) is 9.59 Å². The van der Waals surface area contributed by atoms with E-state index in [9.17, 15) is 14.7 Å². The van der Waals surface area contributed by atoms with Crippen LogP contribution in [-0.4, -0.2) is 42.1 Å². The third kappa shape index (κ3) is 2.72. The van der Waals surface area contributed by atoms with Crippen LogP contribution in [0.3, 0.4) is 0 Å². The number of ether oxygens (including phenoxy) is 2. The maximum atomic E-state index is 11.4. The highest BCUT2D eigenvalue weighted by atomic mass is 79.9. The number of likely N-dealkylation sites (N-methyl/N-ethyl adjacent to an activating group) is 1. The Bertz CT molecular complexity index is 560. The maximum Gasteiger partial charge on any atom is 0.331 e. The lowest BCUT2D eigenvalue weighted by atomic mass is 10.0. The molecule has 1 atom stereocenters. The summed E-state index contributed by atoms with van der Waals surface area (Å²) in [6.45, 7) is 2.17. The zero-order valence-corrected chi connectivity index (χ0v) is 12.6. The Kier molecular flexibility index (Phi) is 4.17. The summed E-state index contributed by atoms with van der Waals surface area (Å²) in [5.74, 6) is -0.409. The number of rotatable bonds is 3. The first-order valence-electron chi connectivity index (χ1n) is 5.97. The van der Waals surface area contributed by atoms with E-state index >= 15 is 0 Å². The summed E-state index contributed by atoms with van der Waals surface area (Å²) in [5, 5.41) is 9.36. The Labute approximate surface area is 124 Å². The predicted molar refractivity (Wildman–Crippen MR) is 74.0 cm³/mol. The number of benzene rings is 1. The molecule has 1 amide bonds. The molecule has 0 spiro atoms. The normalized spacial score (nSPS) is 14.6. The van der Waals surface area contributed by atoms with Gasteiger partial charge < -0.3 is 19.5 Å². The Morgan fingerprint density at radius 2 is 2.00 bits per heavy atom. The van der Waals surface area contributed by atoms with Gasteiger partial charge in [0.15, 0.2) is 17.5 Å². The molecule has 1 unspecified atom stereocenters. The number of amides is 1. The number of fused-ring (bicyclic) bond motifs is 1. The molecule has 1 aromatic rings. The van der Waals surface area contributed by atoms with Gasteiger partial charge in [-0.05, 0) is 33.6 Å². The van der Waals surface area contributed by atoms with E-state index in [0.717, 1.165) is 0 Å². The molecule has 20 heavy (non-hydrogen) atoms. The van der Waals surface area contributed by atoms with Gasteiger partial charge in [-0.2, -0.15) is 0 Å². The quantitative estimate of drug-likeness (QED) is 0.905. The van der Waals surface area contributed by atoms with Crippen molar-refractivity contribution in [3.63, 3.8) is 0 Å². The van der Waals surface area contributed by atoms with Gasteiger partial charge in [0.2, 0.25) is 5.91 Å². The van der Waals surface area contributed by atoms with Gasteiger partial charge in [0.05, 0.1) is 4.47 Å². The second-order valence-corrected chi connectivity index (χ2v) is 5.25. The number of hydrogen-bond acceptors (Lipinski definition) is 4. The van der Waals surface area contributed by atoms with Gasteiger partial charge in [-0.15, -0.1) is 0 Å². The van der Waals surface area contributed by atoms with Crippen LogP contribution in [0.4, 0.5) is 0 Å². The van der Waals surface area contributed by atoms with E-state index in [1.165, 1.54) is 18.9 Å². The minimum absolute atomic E-state index is 0.330. The van der Waals surface area contributed by atoms with Crippen molar-refractivity contribution in [3.05, 3.63) is 22.2 Å². The fourth-order valence-corrected chi connectivity index (χ4v) is 2.58. The van der Waals surface area contributed by atoms with Gasteiger partial charge in [-0.1, -0.05) is 0 Å². The largest absolute Gasteiger partial charge is 0.486 e. The highest BCUT2D eigenvalue weighted by molar-refractivity contribution is 9.10. The number of carboxylic acid groups (broad SMARTS) is 1. The van der Waals surface area contributed by atoms with Crippen LogP contribution in [0.5, 0.6) is 11.5 Å². The van der Waals surface area contributed by atoms with E-state index in [1.54, 1.807) is 12.1 Å². The summed E-state index contributed by atoms with van der Waals surface area (Å²) in [6, 6.07) is 2.16. The van der Waals surface area contributed by atoms with Crippen molar-refractivity contribution in [2.45, 2.75) is 13.0 Å². The second-order valence-electron chi connectivity index (χ2n) is 4.40. The van der Waals surface area contributed by atoms with Crippen molar-refractivity contribution in [1.29, 1.82) is 0 Å². The van der Waals surface area contributed by atoms with Gasteiger partial charge >= 0.3 is 5.97 Å². The fourth-order valence-electron chi connectivity index (χ4n) is 2.00. The molecule has 0 aromatic heterocycles. The van der Waals surface area contributed by atoms with Crippen molar-refractivity contribution >= 4 is 27.8 Å². The molecule has 7 heteroatoms. The first-order valence-corrected chi connectivity index (χ1v) is 6.76. The van der Waals surface area contributed by atoms with Crippen LogP contribution in [0.15, 0.2) is 16.6 Å². The minimum atomic E-state index is -1.11. The van der Waals surface area contributed by atoms with E-state index in [4.69, 9.17) is 9.47 Å². The topological polar surface area (TPSA) is 76.1 Å². The second kappa shape index (κ2) is 5.70. The maximum absolute atomic E-state index is 11.4. The van der Waals surface area contributed by atoms with Crippen LogP contribution in [0.25, 0.3) is 0 Å². The van der Waals surface area contributed by atoms with Gasteiger partial charge in [0.1, 0.15) is 13.2 Å². The molecule has 0 saturated heterocycles. The van der Waals surface area contributed by atoms with Crippen LogP contribution in [0.1, 0.15) is 18.5 Å². The number of hydrogen-bond donors (Lipinski definition) is 1. The van der Waals surface area contributed by atoms with Gasteiger partial charge in [0, 0.05) is 14.0 Å². The minimum Gasteiger partial charge on any atom is -0.486 e. The summed E-state index contributed by atoms with van der Waals surface area (Å²) >= 11 is 3.34. The van der Waals surface area contributed by atoms with Crippen LogP contribution in [0.2, 0.25) is 0 Å². The number of carbonyl (C=O) groups is 2. The Balaban J connectivity index is 2.47. The van der Waals surface area contributed by atoms with E-state index < -0.39 is 12.0 Å². The van der Waals surface area contributed by atoms with Gasteiger partial charge in [-0.3, -0.25) is 4.79 Å². The lowest BCUT2D eigenvalue weighted by molar-refractivity contribution is -0.148. The average Bonchev–Trinajstić information content (AvgIpc) is 2.38. The summed E-state index contributed by atoms with van der Waals surface area (Å²) in [7, 11) is 1.45. The van der Waals surface area contributed by atoms with E-state index in [1.807, 2.05) is 0 Å². The smallest absolute Gasteiger partial charge is 0.331 e. The van der Waals surface area contributed by atoms with E-state index in [-0.39, 0.29) is 5.91 Å². The van der Waals surface area contributed by atoms with Crippen molar-refractivity contribution < 1.29 is 24.2 Å². The molecular weight excluding hydrogens is 330 g/mol. The molecule has 108 valence electrons. The van der Waals surface area contributed by atoms with Crippen molar-refractivity contribution in [2.75, 3.05) is 20.3 Å². The number of aliphatic carboxylic acids is 1. The molecule has 0 bridgehead atoms. The van der Waals surface area contributed by atoms with Crippen molar-refractivity contribution in [2.24, 2.45) is 0 Å². The highest BCUT2D eigenvalue weighted by Gasteiger charge is 2.29. The first kappa shape index (κ1) is 14.6. The number of carboxylic acids is 1. The Hall–Kier alpha value is -1.76. The zero-order valence-electron chi connectivity index (χ0n) is 11.1. The molecule has 0 fully saturated rings. The molecule has 1 aliphatic heterocycles. The number of halogens is 1. The Morgan fingerprint density at radius 1 is 1.35 bits per heavy atom. The average molecular weight is 344 g/mol. The van der Waals surface area contributed by atoms with Crippen LogP contribution in [0, 0.1) is 0 Å². The molecule has 6 nitrogen and oxygen atoms in total. The van der Waals surface area contributed by atoms with E-state index in [2.05, 4.69) is 15.9 Å². The summed E-state index contributed by atoms with van der Waals surface area (Å²) in [5.41, 5.74) is 0.450. The van der Waals surface area contributed by atoms with Crippen molar-refractivity contribution in [3.8, 4) is 11.5 Å².